The molecule has 0 atom stereocenters. The predicted octanol–water partition coefficient (Wildman–Crippen LogP) is 1.51. The van der Waals surface area contributed by atoms with Gasteiger partial charge in [0.05, 0.1) is 17.1 Å². The van der Waals surface area contributed by atoms with Crippen LogP contribution in [0.3, 0.4) is 0 Å². The highest BCUT2D eigenvalue weighted by Crippen LogP contribution is 2.22. The molecule has 2 rings (SSSR count). The largest absolute Gasteiger partial charge is 0.314 e. The lowest BCUT2D eigenvalue weighted by Gasteiger charge is -2.02. The van der Waals surface area contributed by atoms with Gasteiger partial charge < -0.3 is 5.32 Å². The van der Waals surface area contributed by atoms with Gasteiger partial charge in [0.1, 0.15) is 0 Å². The van der Waals surface area contributed by atoms with Crippen molar-refractivity contribution in [1.29, 1.82) is 0 Å². The highest BCUT2D eigenvalue weighted by molar-refractivity contribution is 5.60. The van der Waals surface area contributed by atoms with Crippen molar-refractivity contribution in [3.8, 4) is 11.4 Å². The summed E-state index contributed by atoms with van der Waals surface area (Å²) in [5.74, 6) is 0. The van der Waals surface area contributed by atoms with Crippen molar-refractivity contribution in [3.63, 3.8) is 0 Å². The van der Waals surface area contributed by atoms with Gasteiger partial charge in [-0.15, -0.1) is 0 Å². The molecule has 0 unspecified atom stereocenters. The van der Waals surface area contributed by atoms with Crippen molar-refractivity contribution < 1.29 is 0 Å². The molecule has 4 nitrogen and oxygen atoms in total. The Labute approximate surface area is 95.3 Å². The van der Waals surface area contributed by atoms with Crippen LogP contribution in [0.25, 0.3) is 11.4 Å². The summed E-state index contributed by atoms with van der Waals surface area (Å²) in [4.78, 5) is 4.36. The van der Waals surface area contributed by atoms with E-state index in [-0.39, 0.29) is 0 Å². The van der Waals surface area contributed by atoms with E-state index >= 15 is 0 Å². The zero-order chi connectivity index (χ0) is 11.5. The van der Waals surface area contributed by atoms with Gasteiger partial charge in [0.15, 0.2) is 0 Å². The number of nitrogens with one attached hydrogen (secondary N) is 1. The molecule has 0 aliphatic rings. The molecule has 0 aromatic carbocycles. The lowest BCUT2D eigenvalue weighted by Crippen LogP contribution is -2.06. The summed E-state index contributed by atoms with van der Waals surface area (Å²) >= 11 is 0. The van der Waals surface area contributed by atoms with Gasteiger partial charge in [0.25, 0.3) is 0 Å². The van der Waals surface area contributed by atoms with Crippen molar-refractivity contribution >= 4 is 0 Å². The molecule has 0 aliphatic carbocycles. The molecule has 2 heterocycles. The van der Waals surface area contributed by atoms with E-state index in [1.807, 2.05) is 37.0 Å². The Morgan fingerprint density at radius 2 is 2.19 bits per heavy atom. The third-order valence-corrected chi connectivity index (χ3v) is 2.63. The fourth-order valence-electron chi connectivity index (χ4n) is 1.88. The predicted molar refractivity (Wildman–Crippen MR) is 63.9 cm³/mol. The second-order valence-corrected chi connectivity index (χ2v) is 3.79. The molecule has 0 bridgehead atoms. The number of aryl methyl sites for hydroxylation is 1. The Balaban J connectivity index is 2.49. The van der Waals surface area contributed by atoms with Gasteiger partial charge in [-0.2, -0.15) is 5.10 Å². The van der Waals surface area contributed by atoms with Crippen LogP contribution in [0.1, 0.15) is 11.3 Å². The molecule has 1 N–H and O–H groups in total. The van der Waals surface area contributed by atoms with Gasteiger partial charge in [-0.3, -0.25) is 9.67 Å². The summed E-state index contributed by atoms with van der Waals surface area (Å²) < 4.78 is 1.89. The van der Waals surface area contributed by atoms with Crippen molar-refractivity contribution in [1.82, 2.24) is 20.1 Å². The van der Waals surface area contributed by atoms with E-state index in [0.29, 0.717) is 0 Å². The van der Waals surface area contributed by atoms with E-state index in [2.05, 4.69) is 22.3 Å². The number of pyridine rings is 1. The van der Waals surface area contributed by atoms with E-state index in [1.54, 1.807) is 6.20 Å². The Morgan fingerprint density at radius 1 is 1.38 bits per heavy atom. The summed E-state index contributed by atoms with van der Waals surface area (Å²) in [6, 6.07) is 5.92. The van der Waals surface area contributed by atoms with E-state index in [1.165, 1.54) is 5.56 Å². The van der Waals surface area contributed by atoms with Gasteiger partial charge in [0, 0.05) is 25.4 Å². The molecule has 2 aromatic rings. The molecule has 0 radical (unpaired) electrons. The first kappa shape index (κ1) is 10.8. The Kier molecular flexibility index (Phi) is 3.01. The lowest BCUT2D eigenvalue weighted by molar-refractivity contribution is 0.714. The van der Waals surface area contributed by atoms with E-state index < -0.39 is 0 Å². The van der Waals surface area contributed by atoms with Crippen molar-refractivity contribution in [2.45, 2.75) is 13.5 Å². The molecule has 0 fully saturated rings. The minimum atomic E-state index is 0.784. The van der Waals surface area contributed by atoms with Crippen molar-refractivity contribution in [2.24, 2.45) is 7.05 Å². The Bertz CT molecular complexity index is 473. The molecular formula is C12H16N4. The number of hydrogen-bond donors (Lipinski definition) is 1. The second kappa shape index (κ2) is 4.45. The average molecular weight is 216 g/mol. The highest BCUT2D eigenvalue weighted by Gasteiger charge is 2.13. The number of hydrogen-bond acceptors (Lipinski definition) is 3. The van der Waals surface area contributed by atoms with E-state index in [0.717, 1.165) is 23.6 Å². The molecule has 0 spiro atoms. The van der Waals surface area contributed by atoms with Crippen LogP contribution in [0.5, 0.6) is 0 Å². The van der Waals surface area contributed by atoms with Crippen LogP contribution in [0, 0.1) is 6.92 Å². The molecule has 0 aliphatic heterocycles. The van der Waals surface area contributed by atoms with Crippen LogP contribution in [-0.4, -0.2) is 21.8 Å². The minimum absolute atomic E-state index is 0.784. The molecule has 2 aromatic heterocycles. The molecule has 16 heavy (non-hydrogen) atoms. The quantitative estimate of drug-likeness (QED) is 0.845. The summed E-state index contributed by atoms with van der Waals surface area (Å²) in [6.07, 6.45) is 1.81. The topological polar surface area (TPSA) is 42.7 Å². The zero-order valence-corrected chi connectivity index (χ0v) is 9.86. The maximum Gasteiger partial charge on any atom is 0.0895 e. The summed E-state index contributed by atoms with van der Waals surface area (Å²) in [7, 11) is 3.88. The third kappa shape index (κ3) is 1.84. The highest BCUT2D eigenvalue weighted by atomic mass is 15.3. The van der Waals surface area contributed by atoms with Crippen molar-refractivity contribution in [3.05, 3.63) is 35.7 Å². The molecular weight excluding hydrogens is 200 g/mol. The number of rotatable bonds is 3. The van der Waals surface area contributed by atoms with Crippen LogP contribution < -0.4 is 5.32 Å². The summed E-state index contributed by atoms with van der Waals surface area (Å²) in [5.41, 5.74) is 4.32. The van der Waals surface area contributed by atoms with Crippen molar-refractivity contribution in [2.75, 3.05) is 7.05 Å². The second-order valence-electron chi connectivity index (χ2n) is 3.79. The fraction of sp³-hybridized carbons (Fsp3) is 0.333. The molecule has 4 heteroatoms. The Morgan fingerprint density at radius 3 is 2.81 bits per heavy atom. The monoisotopic (exact) mass is 216 g/mol. The standard InChI is InChI=1S/C12H16N4/c1-9-11(8-13-2)15-16(3)12(9)10-6-4-5-7-14-10/h4-7,13H,8H2,1-3H3. The smallest absolute Gasteiger partial charge is 0.0895 e. The fourth-order valence-corrected chi connectivity index (χ4v) is 1.88. The van der Waals surface area contributed by atoms with Gasteiger partial charge in [-0.1, -0.05) is 6.07 Å². The third-order valence-electron chi connectivity index (χ3n) is 2.63. The maximum atomic E-state index is 4.49. The maximum absolute atomic E-state index is 4.49. The Hall–Kier alpha value is -1.68. The molecule has 0 amide bonds. The summed E-state index contributed by atoms with van der Waals surface area (Å²) in [6.45, 7) is 2.87. The van der Waals surface area contributed by atoms with Gasteiger partial charge in [-0.25, -0.2) is 0 Å². The summed E-state index contributed by atoms with van der Waals surface area (Å²) in [5, 5.41) is 7.61. The first-order valence-electron chi connectivity index (χ1n) is 5.32. The normalized spacial score (nSPS) is 10.7. The zero-order valence-electron chi connectivity index (χ0n) is 9.86. The molecule has 84 valence electrons. The van der Waals surface area contributed by atoms with Crippen LogP contribution in [0.2, 0.25) is 0 Å². The minimum Gasteiger partial charge on any atom is -0.314 e. The van der Waals surface area contributed by atoms with Crippen LogP contribution >= 0.6 is 0 Å². The van der Waals surface area contributed by atoms with Gasteiger partial charge in [0.2, 0.25) is 0 Å². The SMILES string of the molecule is CNCc1nn(C)c(-c2ccccn2)c1C. The van der Waals surface area contributed by atoms with Gasteiger partial charge in [-0.05, 0) is 26.1 Å². The van der Waals surface area contributed by atoms with E-state index in [4.69, 9.17) is 0 Å². The average Bonchev–Trinajstić information content (AvgIpc) is 2.56. The van der Waals surface area contributed by atoms with E-state index in [9.17, 15) is 0 Å². The van der Waals surface area contributed by atoms with Crippen LogP contribution in [0.4, 0.5) is 0 Å². The molecule has 0 saturated carbocycles. The first-order chi connectivity index (χ1) is 7.74. The molecule has 0 saturated heterocycles. The number of nitrogens with zero attached hydrogens (tertiary/aromatic N) is 3. The van der Waals surface area contributed by atoms with Crippen LogP contribution in [0.15, 0.2) is 24.4 Å². The van der Waals surface area contributed by atoms with Crippen LogP contribution in [-0.2, 0) is 13.6 Å². The lowest BCUT2D eigenvalue weighted by atomic mass is 10.1. The number of aromatic nitrogens is 3. The van der Waals surface area contributed by atoms with Gasteiger partial charge >= 0.3 is 0 Å². The first-order valence-corrected chi connectivity index (χ1v) is 5.32.